The number of aryl methyl sites for hydroxylation is 1. The minimum atomic E-state index is -4.27. The maximum absolute atomic E-state index is 12.6. The topological polar surface area (TPSA) is 33.4 Å². The van der Waals surface area contributed by atoms with Crippen LogP contribution in [0.5, 0.6) is 0 Å². The first-order valence-electron chi connectivity index (χ1n) is 5.59. The Morgan fingerprint density at radius 2 is 2.11 bits per heavy atom. The van der Waals surface area contributed by atoms with Gasteiger partial charge in [-0.1, -0.05) is 15.9 Å². The van der Waals surface area contributed by atoms with Crippen molar-refractivity contribution in [3.05, 3.63) is 24.0 Å². The van der Waals surface area contributed by atoms with Crippen LogP contribution in [-0.2, 0) is 0 Å². The lowest BCUT2D eigenvalue weighted by molar-refractivity contribution is -0.119. The summed E-state index contributed by atoms with van der Waals surface area (Å²) >= 11 is 3.17. The van der Waals surface area contributed by atoms with Crippen LogP contribution in [0.2, 0.25) is 0 Å². The maximum Gasteiger partial charge on any atom is 0.405 e. The van der Waals surface area contributed by atoms with E-state index in [0.717, 1.165) is 5.56 Å². The van der Waals surface area contributed by atoms with Gasteiger partial charge in [-0.3, -0.25) is 0 Å². The van der Waals surface area contributed by atoms with E-state index in [2.05, 4.69) is 26.0 Å². The molecular formula is C11H12BrF3N4. The fourth-order valence-corrected chi connectivity index (χ4v) is 2.28. The number of fused-ring (bicyclic) bond motifs is 1. The fourth-order valence-electron chi connectivity index (χ4n) is 1.85. The van der Waals surface area contributed by atoms with Gasteiger partial charge in [0, 0.05) is 11.9 Å². The number of anilines is 1. The van der Waals surface area contributed by atoms with Gasteiger partial charge in [0.05, 0.1) is 0 Å². The predicted octanol–water partition coefficient (Wildman–Crippen LogP) is 2.80. The molecule has 0 N–H and O–H groups in total. The minimum Gasteiger partial charge on any atom is -0.347 e. The van der Waals surface area contributed by atoms with Crippen LogP contribution in [0.15, 0.2) is 18.5 Å². The molecule has 104 valence electrons. The van der Waals surface area contributed by atoms with Gasteiger partial charge in [0.15, 0.2) is 5.65 Å². The van der Waals surface area contributed by atoms with Crippen LogP contribution in [0.4, 0.5) is 19.0 Å². The van der Waals surface area contributed by atoms with Crippen LogP contribution in [0.3, 0.4) is 0 Å². The highest BCUT2D eigenvalue weighted by Crippen LogP contribution is 2.23. The monoisotopic (exact) mass is 336 g/mol. The summed E-state index contributed by atoms with van der Waals surface area (Å²) in [5, 5.41) is 4.41. The Labute approximate surface area is 116 Å². The average molecular weight is 337 g/mol. The van der Waals surface area contributed by atoms with Crippen molar-refractivity contribution < 1.29 is 13.2 Å². The fraction of sp³-hybridized carbons (Fsp3) is 0.455. The third kappa shape index (κ3) is 3.37. The summed E-state index contributed by atoms with van der Waals surface area (Å²) in [6.45, 7) is 1.03. The third-order valence-corrected chi connectivity index (χ3v) is 2.91. The van der Waals surface area contributed by atoms with E-state index in [1.165, 1.54) is 15.7 Å². The Kier molecular flexibility index (Phi) is 3.98. The second-order valence-electron chi connectivity index (χ2n) is 4.15. The summed E-state index contributed by atoms with van der Waals surface area (Å²) in [5.41, 5.74) is 1.38. The van der Waals surface area contributed by atoms with Crippen molar-refractivity contribution in [3.63, 3.8) is 0 Å². The first-order chi connectivity index (χ1) is 8.90. The highest BCUT2D eigenvalue weighted by molar-refractivity contribution is 9.09. The number of hydrogen-bond donors (Lipinski definition) is 0. The van der Waals surface area contributed by atoms with Crippen LogP contribution >= 0.6 is 15.9 Å². The molecule has 0 saturated carbocycles. The van der Waals surface area contributed by atoms with Crippen LogP contribution < -0.4 is 4.90 Å². The molecule has 0 aliphatic heterocycles. The number of alkyl halides is 4. The summed E-state index contributed by atoms with van der Waals surface area (Å²) in [5.74, 6) is 0.393. The lowest BCUT2D eigenvalue weighted by Gasteiger charge is -2.25. The molecule has 19 heavy (non-hydrogen) atoms. The summed E-state index contributed by atoms with van der Waals surface area (Å²) in [6, 6.07) is 3.45. The molecule has 0 amide bonds. The quantitative estimate of drug-likeness (QED) is 0.805. The van der Waals surface area contributed by atoms with E-state index in [0.29, 0.717) is 16.8 Å². The third-order valence-electron chi connectivity index (χ3n) is 2.55. The molecule has 2 aromatic heterocycles. The van der Waals surface area contributed by atoms with Crippen molar-refractivity contribution in [3.8, 4) is 0 Å². The molecule has 0 saturated heterocycles. The second kappa shape index (κ2) is 5.36. The highest BCUT2D eigenvalue weighted by atomic mass is 79.9. The molecule has 2 aromatic rings. The van der Waals surface area contributed by atoms with Gasteiger partial charge in [-0.05, 0) is 24.6 Å². The summed E-state index contributed by atoms with van der Waals surface area (Å²) < 4.78 is 39.3. The smallest absolute Gasteiger partial charge is 0.347 e. The van der Waals surface area contributed by atoms with Gasteiger partial charge in [-0.25, -0.2) is 4.98 Å². The predicted molar refractivity (Wildman–Crippen MR) is 69.8 cm³/mol. The molecule has 0 aromatic carbocycles. The van der Waals surface area contributed by atoms with E-state index in [-0.39, 0.29) is 6.54 Å². The van der Waals surface area contributed by atoms with E-state index in [9.17, 15) is 13.2 Å². The van der Waals surface area contributed by atoms with E-state index in [1.807, 2.05) is 6.92 Å². The van der Waals surface area contributed by atoms with E-state index < -0.39 is 12.7 Å². The van der Waals surface area contributed by atoms with E-state index in [1.54, 1.807) is 12.1 Å². The summed E-state index contributed by atoms with van der Waals surface area (Å²) in [6.07, 6.45) is -2.93. The zero-order valence-electron chi connectivity index (χ0n) is 10.2. The Morgan fingerprint density at radius 1 is 1.37 bits per heavy atom. The van der Waals surface area contributed by atoms with Gasteiger partial charge in [-0.15, -0.1) is 0 Å². The molecular weight excluding hydrogens is 325 g/mol. The minimum absolute atomic E-state index is 0.234. The Bertz CT molecular complexity index is 567. The van der Waals surface area contributed by atoms with Gasteiger partial charge in [0.25, 0.3) is 0 Å². The molecule has 0 aliphatic carbocycles. The van der Waals surface area contributed by atoms with Crippen molar-refractivity contribution in [1.29, 1.82) is 0 Å². The SMILES string of the molecule is Cc1cc(N(CCBr)CC(F)(F)F)n2ncnc2c1. The Morgan fingerprint density at radius 3 is 2.74 bits per heavy atom. The Balaban J connectivity index is 2.45. The molecule has 0 radical (unpaired) electrons. The van der Waals surface area contributed by atoms with Crippen molar-refractivity contribution in [1.82, 2.24) is 14.6 Å². The van der Waals surface area contributed by atoms with Gasteiger partial charge in [0.2, 0.25) is 0 Å². The molecule has 2 heterocycles. The van der Waals surface area contributed by atoms with Crippen LogP contribution in [0.1, 0.15) is 5.56 Å². The largest absolute Gasteiger partial charge is 0.405 e. The zero-order valence-corrected chi connectivity index (χ0v) is 11.7. The van der Waals surface area contributed by atoms with Gasteiger partial charge in [-0.2, -0.15) is 22.8 Å². The maximum atomic E-state index is 12.6. The van der Waals surface area contributed by atoms with Crippen LogP contribution in [0.25, 0.3) is 5.65 Å². The summed E-state index contributed by atoms with van der Waals surface area (Å²) in [7, 11) is 0. The average Bonchev–Trinajstić information content (AvgIpc) is 2.73. The number of halogens is 4. The number of nitrogens with zero attached hydrogens (tertiary/aromatic N) is 4. The highest BCUT2D eigenvalue weighted by Gasteiger charge is 2.31. The number of pyridine rings is 1. The molecule has 0 atom stereocenters. The Hall–Kier alpha value is -1.31. The van der Waals surface area contributed by atoms with E-state index >= 15 is 0 Å². The van der Waals surface area contributed by atoms with Crippen molar-refractivity contribution in [2.45, 2.75) is 13.1 Å². The molecule has 8 heteroatoms. The van der Waals surface area contributed by atoms with E-state index in [4.69, 9.17) is 0 Å². The molecule has 2 rings (SSSR count). The molecule has 4 nitrogen and oxygen atoms in total. The lowest BCUT2D eigenvalue weighted by atomic mass is 10.2. The first kappa shape index (κ1) is 14.1. The normalized spacial score (nSPS) is 12.1. The molecule has 0 unspecified atom stereocenters. The number of hydrogen-bond acceptors (Lipinski definition) is 3. The van der Waals surface area contributed by atoms with Crippen LogP contribution in [-0.4, -0.2) is 39.2 Å². The molecule has 0 bridgehead atoms. The van der Waals surface area contributed by atoms with Crippen molar-refractivity contribution in [2.75, 3.05) is 23.3 Å². The number of rotatable bonds is 4. The zero-order chi connectivity index (χ0) is 14.0. The lowest BCUT2D eigenvalue weighted by Crippen LogP contribution is -2.36. The number of aromatic nitrogens is 3. The standard InChI is InChI=1S/C11H12BrF3N4/c1-8-4-9-16-7-17-19(9)10(5-8)18(3-2-12)6-11(13,14)15/h4-5,7H,2-3,6H2,1H3. The van der Waals surface area contributed by atoms with Crippen molar-refractivity contribution in [2.24, 2.45) is 0 Å². The molecule has 0 spiro atoms. The van der Waals surface area contributed by atoms with Crippen LogP contribution in [0, 0.1) is 6.92 Å². The summed E-state index contributed by atoms with van der Waals surface area (Å²) in [4.78, 5) is 5.25. The molecule has 0 aliphatic rings. The first-order valence-corrected chi connectivity index (χ1v) is 6.71. The van der Waals surface area contributed by atoms with Gasteiger partial charge >= 0.3 is 6.18 Å². The van der Waals surface area contributed by atoms with Crippen molar-refractivity contribution >= 4 is 27.4 Å². The second-order valence-corrected chi connectivity index (χ2v) is 4.94. The van der Waals surface area contributed by atoms with Gasteiger partial charge < -0.3 is 4.90 Å². The van der Waals surface area contributed by atoms with Gasteiger partial charge in [0.1, 0.15) is 18.7 Å². The molecule has 0 fully saturated rings.